The van der Waals surface area contributed by atoms with Crippen LogP contribution in [0, 0.1) is 11.7 Å². The van der Waals surface area contributed by atoms with Crippen LogP contribution in [0.25, 0.3) is 0 Å². The number of benzene rings is 1. The van der Waals surface area contributed by atoms with Crippen molar-refractivity contribution in [3.05, 3.63) is 35.6 Å². The Morgan fingerprint density at radius 3 is 2.94 bits per heavy atom. The van der Waals surface area contributed by atoms with Gasteiger partial charge in [0.25, 0.3) is 0 Å². The van der Waals surface area contributed by atoms with Gasteiger partial charge in [-0.15, -0.1) is 0 Å². The Morgan fingerprint density at radius 1 is 1.44 bits per heavy atom. The molecule has 1 aromatic carbocycles. The fourth-order valence-electron chi connectivity index (χ4n) is 2.33. The molecule has 1 saturated heterocycles. The molecule has 0 radical (unpaired) electrons. The third-order valence-electron chi connectivity index (χ3n) is 3.35. The summed E-state index contributed by atoms with van der Waals surface area (Å²) in [6, 6.07) is 6.97. The molecule has 2 atom stereocenters. The average molecular weight is 222 g/mol. The van der Waals surface area contributed by atoms with Crippen molar-refractivity contribution < 1.29 is 4.39 Å². The Balaban J connectivity index is 1.96. The number of halogens is 1. The fourth-order valence-corrected chi connectivity index (χ4v) is 2.33. The van der Waals surface area contributed by atoms with Gasteiger partial charge in [-0.25, -0.2) is 4.39 Å². The van der Waals surface area contributed by atoms with Gasteiger partial charge in [0.2, 0.25) is 0 Å². The van der Waals surface area contributed by atoms with Gasteiger partial charge >= 0.3 is 0 Å². The molecule has 0 amide bonds. The van der Waals surface area contributed by atoms with Crippen molar-refractivity contribution in [3.63, 3.8) is 0 Å². The van der Waals surface area contributed by atoms with Crippen molar-refractivity contribution in [1.29, 1.82) is 0 Å². The minimum atomic E-state index is -0.137. The second-order valence-corrected chi connectivity index (χ2v) is 4.57. The maximum absolute atomic E-state index is 13.4. The number of hydrogen-bond donors (Lipinski definition) is 2. The van der Waals surface area contributed by atoms with Gasteiger partial charge in [0.15, 0.2) is 0 Å². The minimum Gasteiger partial charge on any atom is -0.327 e. The monoisotopic (exact) mass is 222 g/mol. The van der Waals surface area contributed by atoms with Crippen LogP contribution in [0.2, 0.25) is 0 Å². The van der Waals surface area contributed by atoms with Crippen LogP contribution in [0.15, 0.2) is 24.3 Å². The predicted molar refractivity (Wildman–Crippen MR) is 63.7 cm³/mol. The third kappa shape index (κ3) is 2.80. The van der Waals surface area contributed by atoms with E-state index in [4.69, 9.17) is 5.73 Å². The molecule has 0 bridgehead atoms. The highest BCUT2D eigenvalue weighted by atomic mass is 19.1. The van der Waals surface area contributed by atoms with Gasteiger partial charge in [-0.2, -0.15) is 0 Å². The van der Waals surface area contributed by atoms with Gasteiger partial charge in [-0.3, -0.25) is 0 Å². The Morgan fingerprint density at radius 2 is 2.25 bits per heavy atom. The van der Waals surface area contributed by atoms with Gasteiger partial charge in [-0.1, -0.05) is 18.2 Å². The van der Waals surface area contributed by atoms with E-state index in [-0.39, 0.29) is 11.9 Å². The van der Waals surface area contributed by atoms with Crippen LogP contribution in [0.3, 0.4) is 0 Å². The van der Waals surface area contributed by atoms with E-state index in [1.807, 2.05) is 12.1 Å². The van der Waals surface area contributed by atoms with Crippen LogP contribution in [-0.4, -0.2) is 19.1 Å². The molecule has 3 N–H and O–H groups in total. The summed E-state index contributed by atoms with van der Waals surface area (Å²) in [6.07, 6.45) is 2.97. The molecule has 88 valence electrons. The Kier molecular flexibility index (Phi) is 3.91. The Bertz CT molecular complexity index is 334. The quantitative estimate of drug-likeness (QED) is 0.817. The van der Waals surface area contributed by atoms with Gasteiger partial charge in [-0.05, 0) is 49.9 Å². The smallest absolute Gasteiger partial charge is 0.126 e. The zero-order valence-electron chi connectivity index (χ0n) is 9.45. The number of piperidine rings is 1. The van der Waals surface area contributed by atoms with Gasteiger partial charge in [0, 0.05) is 6.04 Å². The highest BCUT2D eigenvalue weighted by Crippen LogP contribution is 2.17. The highest BCUT2D eigenvalue weighted by molar-refractivity contribution is 5.18. The van der Waals surface area contributed by atoms with Crippen molar-refractivity contribution in [3.8, 4) is 0 Å². The number of rotatable bonds is 3. The molecule has 2 rings (SSSR count). The summed E-state index contributed by atoms with van der Waals surface area (Å²) in [5.74, 6) is 0.343. The predicted octanol–water partition coefficient (Wildman–Crippen LogP) is 1.70. The van der Waals surface area contributed by atoms with E-state index in [1.54, 1.807) is 6.07 Å². The summed E-state index contributed by atoms with van der Waals surface area (Å²) in [5, 5.41) is 3.34. The van der Waals surface area contributed by atoms with Gasteiger partial charge in [0.1, 0.15) is 5.82 Å². The van der Waals surface area contributed by atoms with Crippen LogP contribution in [0.1, 0.15) is 18.4 Å². The second kappa shape index (κ2) is 5.41. The lowest BCUT2D eigenvalue weighted by molar-refractivity contribution is 0.319. The lowest BCUT2D eigenvalue weighted by atomic mass is 9.88. The topological polar surface area (TPSA) is 38.0 Å². The molecule has 2 unspecified atom stereocenters. The third-order valence-corrected chi connectivity index (χ3v) is 3.35. The SMILES string of the molecule is NC(Cc1ccccc1F)C1CCCNC1. The molecule has 2 nitrogen and oxygen atoms in total. The highest BCUT2D eigenvalue weighted by Gasteiger charge is 2.21. The molecule has 1 aliphatic rings. The summed E-state index contributed by atoms with van der Waals surface area (Å²) in [4.78, 5) is 0. The summed E-state index contributed by atoms with van der Waals surface area (Å²) in [6.45, 7) is 2.05. The molecule has 0 aromatic heterocycles. The normalized spacial score (nSPS) is 23.0. The molecule has 1 heterocycles. The van der Waals surface area contributed by atoms with E-state index in [0.29, 0.717) is 12.3 Å². The van der Waals surface area contributed by atoms with E-state index >= 15 is 0 Å². The van der Waals surface area contributed by atoms with E-state index < -0.39 is 0 Å². The summed E-state index contributed by atoms with van der Waals surface area (Å²) >= 11 is 0. The first-order valence-electron chi connectivity index (χ1n) is 5.97. The fraction of sp³-hybridized carbons (Fsp3) is 0.538. The molecule has 0 saturated carbocycles. The lowest BCUT2D eigenvalue weighted by Gasteiger charge is -2.28. The van der Waals surface area contributed by atoms with Crippen molar-refractivity contribution in [1.82, 2.24) is 5.32 Å². The molecule has 1 aliphatic heterocycles. The van der Waals surface area contributed by atoms with Crippen LogP contribution in [0.5, 0.6) is 0 Å². The van der Waals surface area contributed by atoms with Gasteiger partial charge in [0.05, 0.1) is 0 Å². The van der Waals surface area contributed by atoms with Crippen LogP contribution in [-0.2, 0) is 6.42 Å². The van der Waals surface area contributed by atoms with Crippen molar-refractivity contribution in [2.75, 3.05) is 13.1 Å². The largest absolute Gasteiger partial charge is 0.327 e. The average Bonchev–Trinajstić information content (AvgIpc) is 2.33. The Hall–Kier alpha value is -0.930. The Labute approximate surface area is 96.0 Å². The molecule has 1 aromatic rings. The molecule has 16 heavy (non-hydrogen) atoms. The number of nitrogens with two attached hydrogens (primary N) is 1. The van der Waals surface area contributed by atoms with Gasteiger partial charge < -0.3 is 11.1 Å². The summed E-state index contributed by atoms with van der Waals surface area (Å²) in [5.41, 5.74) is 6.88. The maximum atomic E-state index is 13.4. The van der Waals surface area contributed by atoms with E-state index in [2.05, 4.69) is 5.32 Å². The standard InChI is InChI=1S/C13H19FN2/c14-12-6-2-1-4-10(12)8-13(15)11-5-3-7-16-9-11/h1-2,4,6,11,13,16H,3,5,7-9,15H2. The van der Waals surface area contributed by atoms with Crippen LogP contribution < -0.4 is 11.1 Å². The number of nitrogens with one attached hydrogen (secondary N) is 1. The molecular formula is C13H19FN2. The molecule has 3 heteroatoms. The molecule has 0 aliphatic carbocycles. The zero-order chi connectivity index (χ0) is 11.4. The number of hydrogen-bond acceptors (Lipinski definition) is 2. The van der Waals surface area contributed by atoms with Crippen molar-refractivity contribution in [2.45, 2.75) is 25.3 Å². The van der Waals surface area contributed by atoms with E-state index in [0.717, 1.165) is 25.1 Å². The first kappa shape index (κ1) is 11.6. The minimum absolute atomic E-state index is 0.0599. The first-order chi connectivity index (χ1) is 7.77. The van der Waals surface area contributed by atoms with E-state index in [1.165, 1.54) is 12.5 Å². The first-order valence-corrected chi connectivity index (χ1v) is 5.97. The van der Waals surface area contributed by atoms with Crippen LogP contribution in [0.4, 0.5) is 4.39 Å². The molecule has 1 fully saturated rings. The molecular weight excluding hydrogens is 203 g/mol. The summed E-state index contributed by atoms with van der Waals surface area (Å²) < 4.78 is 13.4. The second-order valence-electron chi connectivity index (χ2n) is 4.57. The van der Waals surface area contributed by atoms with Crippen molar-refractivity contribution in [2.24, 2.45) is 11.7 Å². The van der Waals surface area contributed by atoms with E-state index in [9.17, 15) is 4.39 Å². The molecule has 0 spiro atoms. The summed E-state index contributed by atoms with van der Waals surface area (Å²) in [7, 11) is 0. The van der Waals surface area contributed by atoms with Crippen molar-refractivity contribution >= 4 is 0 Å². The maximum Gasteiger partial charge on any atom is 0.126 e. The lowest BCUT2D eigenvalue weighted by Crippen LogP contribution is -2.42. The zero-order valence-corrected chi connectivity index (χ0v) is 9.45. The van der Waals surface area contributed by atoms with Crippen LogP contribution >= 0.6 is 0 Å².